The summed E-state index contributed by atoms with van der Waals surface area (Å²) in [4.78, 5) is 23.1. The summed E-state index contributed by atoms with van der Waals surface area (Å²) in [7, 11) is 1.45. The van der Waals surface area contributed by atoms with E-state index >= 15 is 0 Å². The predicted molar refractivity (Wildman–Crippen MR) is 100 cm³/mol. The van der Waals surface area contributed by atoms with Gasteiger partial charge in [0.2, 0.25) is 5.69 Å². The summed E-state index contributed by atoms with van der Waals surface area (Å²) in [5, 5.41) is 22.7. The maximum absolute atomic E-state index is 12.5. The average Bonchev–Trinajstić information content (AvgIpc) is 3.08. The maximum Gasteiger partial charge on any atom is 0.322 e. The SMILES string of the molecule is Cc1nn(C)c(C(=O)Nc2nn(Cc3ccc(Cl)cc3)cc2Cl)c1[N+](=O)[O-]. The lowest BCUT2D eigenvalue weighted by atomic mass is 10.2. The molecule has 0 atom stereocenters. The summed E-state index contributed by atoms with van der Waals surface area (Å²) in [5.74, 6) is -0.618. The van der Waals surface area contributed by atoms with Gasteiger partial charge in [0.05, 0.1) is 11.5 Å². The standard InChI is InChI=1S/C16H14Cl2N6O3/c1-9-13(24(26)27)14(22(2)20-9)16(25)19-15-12(18)8-23(21-15)7-10-3-5-11(17)6-4-10/h3-6,8H,7H2,1-2H3,(H,19,21,25). The Morgan fingerprint density at radius 2 is 1.93 bits per heavy atom. The van der Waals surface area contributed by atoms with Crippen LogP contribution in [0, 0.1) is 17.0 Å². The Bertz CT molecular complexity index is 1030. The Hall–Kier alpha value is -2.91. The zero-order chi connectivity index (χ0) is 19.7. The minimum Gasteiger partial charge on any atom is -0.302 e. The first-order chi connectivity index (χ1) is 12.8. The van der Waals surface area contributed by atoms with Crippen LogP contribution in [0.5, 0.6) is 0 Å². The van der Waals surface area contributed by atoms with Crippen molar-refractivity contribution in [3.05, 3.63) is 67.6 Å². The largest absolute Gasteiger partial charge is 0.322 e. The summed E-state index contributed by atoms with van der Waals surface area (Å²) >= 11 is 12.0. The molecule has 0 aliphatic carbocycles. The van der Waals surface area contributed by atoms with E-state index in [1.165, 1.54) is 14.0 Å². The highest BCUT2D eigenvalue weighted by Gasteiger charge is 2.30. The van der Waals surface area contributed by atoms with Crippen molar-refractivity contribution in [1.29, 1.82) is 0 Å². The summed E-state index contributed by atoms with van der Waals surface area (Å²) in [6, 6.07) is 7.21. The van der Waals surface area contributed by atoms with Gasteiger partial charge >= 0.3 is 5.69 Å². The Morgan fingerprint density at radius 3 is 2.56 bits per heavy atom. The number of hydrogen-bond donors (Lipinski definition) is 1. The third kappa shape index (κ3) is 3.93. The van der Waals surface area contributed by atoms with Gasteiger partial charge in [-0.3, -0.25) is 24.3 Å². The monoisotopic (exact) mass is 408 g/mol. The zero-order valence-corrected chi connectivity index (χ0v) is 15.8. The molecule has 0 bridgehead atoms. The van der Waals surface area contributed by atoms with E-state index in [0.717, 1.165) is 10.2 Å². The second kappa shape index (κ2) is 7.37. The van der Waals surface area contributed by atoms with Gasteiger partial charge in [-0.2, -0.15) is 10.2 Å². The van der Waals surface area contributed by atoms with Gasteiger partial charge in [-0.25, -0.2) is 0 Å². The molecule has 0 aliphatic heterocycles. The molecule has 0 saturated heterocycles. The second-order valence-corrected chi connectivity index (χ2v) is 6.61. The maximum atomic E-state index is 12.5. The highest BCUT2D eigenvalue weighted by atomic mass is 35.5. The number of amides is 1. The van der Waals surface area contributed by atoms with Gasteiger partial charge in [0.25, 0.3) is 5.91 Å². The van der Waals surface area contributed by atoms with Crippen molar-refractivity contribution >= 4 is 40.6 Å². The summed E-state index contributed by atoms with van der Waals surface area (Å²) in [6.45, 7) is 1.88. The zero-order valence-electron chi connectivity index (χ0n) is 14.3. The predicted octanol–water partition coefficient (Wildman–Crippen LogP) is 3.44. The van der Waals surface area contributed by atoms with Crippen LogP contribution in [-0.4, -0.2) is 30.4 Å². The van der Waals surface area contributed by atoms with Crippen LogP contribution in [0.3, 0.4) is 0 Å². The van der Waals surface area contributed by atoms with Gasteiger partial charge in [-0.15, -0.1) is 0 Å². The van der Waals surface area contributed by atoms with E-state index in [4.69, 9.17) is 23.2 Å². The van der Waals surface area contributed by atoms with E-state index in [2.05, 4.69) is 15.5 Å². The number of carbonyl (C=O) groups excluding carboxylic acids is 1. The quantitative estimate of drug-likeness (QED) is 0.513. The van der Waals surface area contributed by atoms with Gasteiger partial charge in [0, 0.05) is 18.3 Å². The molecule has 0 spiro atoms. The van der Waals surface area contributed by atoms with Crippen LogP contribution >= 0.6 is 23.2 Å². The van der Waals surface area contributed by atoms with E-state index < -0.39 is 10.8 Å². The molecule has 0 radical (unpaired) electrons. The van der Waals surface area contributed by atoms with Crippen LogP contribution in [-0.2, 0) is 13.6 Å². The topological polar surface area (TPSA) is 108 Å². The molecule has 140 valence electrons. The Labute approximate surface area is 163 Å². The number of nitro groups is 1. The van der Waals surface area contributed by atoms with Crippen molar-refractivity contribution < 1.29 is 9.72 Å². The van der Waals surface area contributed by atoms with Crippen molar-refractivity contribution in [2.45, 2.75) is 13.5 Å². The first-order valence-corrected chi connectivity index (χ1v) is 8.48. The van der Waals surface area contributed by atoms with Crippen molar-refractivity contribution in [3.8, 4) is 0 Å². The number of aryl methyl sites for hydroxylation is 2. The Balaban J connectivity index is 1.82. The summed E-state index contributed by atoms with van der Waals surface area (Å²) < 4.78 is 2.70. The second-order valence-electron chi connectivity index (χ2n) is 5.77. The number of rotatable bonds is 5. The molecule has 3 rings (SSSR count). The normalized spacial score (nSPS) is 10.8. The number of nitrogens with zero attached hydrogens (tertiary/aromatic N) is 5. The van der Waals surface area contributed by atoms with Crippen LogP contribution in [0.1, 0.15) is 21.7 Å². The van der Waals surface area contributed by atoms with Crippen molar-refractivity contribution in [1.82, 2.24) is 19.6 Å². The molecule has 11 heteroatoms. The van der Waals surface area contributed by atoms with Crippen molar-refractivity contribution in [2.75, 3.05) is 5.32 Å². The van der Waals surface area contributed by atoms with Crippen molar-refractivity contribution in [2.24, 2.45) is 7.05 Å². The highest BCUT2D eigenvalue weighted by molar-refractivity contribution is 6.33. The van der Waals surface area contributed by atoms with Gasteiger partial charge < -0.3 is 5.32 Å². The molecule has 9 nitrogen and oxygen atoms in total. The van der Waals surface area contributed by atoms with Crippen LogP contribution in [0.2, 0.25) is 10.0 Å². The van der Waals surface area contributed by atoms with E-state index in [-0.39, 0.29) is 27.9 Å². The molecule has 2 aromatic heterocycles. The number of aromatic nitrogens is 4. The number of anilines is 1. The molecule has 0 saturated carbocycles. The lowest BCUT2D eigenvalue weighted by Gasteiger charge is -2.04. The number of nitrogens with one attached hydrogen (secondary N) is 1. The summed E-state index contributed by atoms with van der Waals surface area (Å²) in [6.07, 6.45) is 1.55. The minimum atomic E-state index is -0.719. The fourth-order valence-corrected chi connectivity index (χ4v) is 2.95. The number of carbonyl (C=O) groups is 1. The lowest BCUT2D eigenvalue weighted by molar-refractivity contribution is -0.385. The molecule has 0 unspecified atom stereocenters. The molecular formula is C16H14Cl2N6O3. The van der Waals surface area contributed by atoms with Gasteiger partial charge in [0.1, 0.15) is 10.7 Å². The highest BCUT2D eigenvalue weighted by Crippen LogP contribution is 2.25. The van der Waals surface area contributed by atoms with E-state index in [1.54, 1.807) is 23.0 Å². The number of hydrogen-bond acceptors (Lipinski definition) is 5. The minimum absolute atomic E-state index is 0.101. The smallest absolute Gasteiger partial charge is 0.302 e. The molecule has 1 amide bonds. The first-order valence-electron chi connectivity index (χ1n) is 7.73. The Morgan fingerprint density at radius 1 is 1.26 bits per heavy atom. The summed E-state index contributed by atoms with van der Waals surface area (Å²) in [5.41, 5.74) is 0.550. The fraction of sp³-hybridized carbons (Fsp3) is 0.188. The number of halogens is 2. The fourth-order valence-electron chi connectivity index (χ4n) is 2.63. The van der Waals surface area contributed by atoms with Crippen LogP contribution in [0.4, 0.5) is 11.5 Å². The Kier molecular flexibility index (Phi) is 5.15. The molecule has 1 N–H and O–H groups in total. The van der Waals surface area contributed by atoms with Crippen LogP contribution < -0.4 is 5.32 Å². The average molecular weight is 409 g/mol. The molecule has 27 heavy (non-hydrogen) atoms. The van der Waals surface area contributed by atoms with Gasteiger partial charge in [-0.05, 0) is 24.6 Å². The lowest BCUT2D eigenvalue weighted by Crippen LogP contribution is -2.18. The first kappa shape index (κ1) is 18.9. The molecule has 1 aromatic carbocycles. The number of benzene rings is 1. The van der Waals surface area contributed by atoms with Crippen LogP contribution in [0.15, 0.2) is 30.5 Å². The molecular weight excluding hydrogens is 395 g/mol. The molecule has 2 heterocycles. The van der Waals surface area contributed by atoms with Crippen molar-refractivity contribution in [3.63, 3.8) is 0 Å². The third-order valence-electron chi connectivity index (χ3n) is 3.80. The van der Waals surface area contributed by atoms with Crippen LogP contribution in [0.25, 0.3) is 0 Å². The van der Waals surface area contributed by atoms with E-state index in [9.17, 15) is 14.9 Å². The van der Waals surface area contributed by atoms with Gasteiger partial charge in [0.15, 0.2) is 5.82 Å². The van der Waals surface area contributed by atoms with E-state index in [1.807, 2.05) is 12.1 Å². The molecule has 3 aromatic rings. The molecule has 0 fully saturated rings. The molecule has 0 aliphatic rings. The third-order valence-corrected chi connectivity index (χ3v) is 4.32. The van der Waals surface area contributed by atoms with Gasteiger partial charge in [-0.1, -0.05) is 35.3 Å². The van der Waals surface area contributed by atoms with E-state index in [0.29, 0.717) is 11.6 Å².